The van der Waals surface area contributed by atoms with Gasteiger partial charge in [0.25, 0.3) is 10.0 Å². The third-order valence-corrected chi connectivity index (χ3v) is 3.87. The molecule has 21 heavy (non-hydrogen) atoms. The summed E-state index contributed by atoms with van der Waals surface area (Å²) in [6, 6.07) is 6.40. The van der Waals surface area contributed by atoms with Crippen molar-refractivity contribution < 1.29 is 21.6 Å². The maximum Gasteiger partial charge on any atom is 0.416 e. The Labute approximate surface area is 118 Å². The second kappa shape index (κ2) is 5.24. The van der Waals surface area contributed by atoms with E-state index < -0.39 is 21.8 Å². The van der Waals surface area contributed by atoms with Crippen LogP contribution in [0, 0.1) is 0 Å². The maximum atomic E-state index is 12.4. The fourth-order valence-corrected chi connectivity index (χ4v) is 2.68. The number of aromatic nitrogens is 1. The molecule has 1 heterocycles. The van der Waals surface area contributed by atoms with E-state index in [2.05, 4.69) is 9.71 Å². The molecule has 0 amide bonds. The second-order valence-corrected chi connectivity index (χ2v) is 5.68. The number of sulfonamides is 1. The first kappa shape index (κ1) is 15.1. The average molecular weight is 317 g/mol. The molecule has 1 aromatic heterocycles. The number of hydrogen-bond donors (Lipinski definition) is 2. The largest absolute Gasteiger partial charge is 0.416 e. The molecule has 0 aliphatic carbocycles. The fourth-order valence-electron chi connectivity index (χ4n) is 1.56. The normalized spacial score (nSPS) is 12.1. The Kier molecular flexibility index (Phi) is 3.77. The number of anilines is 2. The van der Waals surface area contributed by atoms with Gasteiger partial charge in [0.15, 0.2) is 5.03 Å². The minimum atomic E-state index is -4.48. The molecule has 9 heteroatoms. The van der Waals surface area contributed by atoms with Crippen LogP contribution in [-0.4, -0.2) is 13.4 Å². The van der Waals surface area contributed by atoms with Gasteiger partial charge in [-0.2, -0.15) is 21.6 Å². The van der Waals surface area contributed by atoms with Crippen molar-refractivity contribution in [2.24, 2.45) is 0 Å². The van der Waals surface area contributed by atoms with Crippen LogP contribution in [0.25, 0.3) is 0 Å². The van der Waals surface area contributed by atoms with Crippen molar-refractivity contribution in [3.05, 3.63) is 48.2 Å². The minimum Gasteiger partial charge on any atom is -0.396 e. The molecule has 0 aliphatic rings. The summed E-state index contributed by atoms with van der Waals surface area (Å²) in [4.78, 5) is 3.65. The average Bonchev–Trinajstić information content (AvgIpc) is 2.38. The zero-order valence-corrected chi connectivity index (χ0v) is 11.2. The predicted octanol–water partition coefficient (Wildman–Crippen LogP) is 2.48. The SMILES string of the molecule is Nc1cccnc1S(=O)(=O)Nc1ccc(C(F)(F)F)cc1. The van der Waals surface area contributed by atoms with E-state index in [1.165, 1.54) is 18.3 Å². The Morgan fingerprint density at radius 1 is 1.10 bits per heavy atom. The number of nitrogens with zero attached hydrogens (tertiary/aromatic N) is 1. The first-order valence-electron chi connectivity index (χ1n) is 5.61. The van der Waals surface area contributed by atoms with Gasteiger partial charge in [0, 0.05) is 11.9 Å². The summed E-state index contributed by atoms with van der Waals surface area (Å²) in [7, 11) is -4.06. The van der Waals surface area contributed by atoms with E-state index in [1.54, 1.807) is 0 Å². The molecule has 1 aromatic carbocycles. The smallest absolute Gasteiger partial charge is 0.396 e. The van der Waals surface area contributed by atoms with E-state index in [1.807, 2.05) is 0 Å². The number of rotatable bonds is 3. The van der Waals surface area contributed by atoms with Crippen LogP contribution in [0.4, 0.5) is 24.5 Å². The quantitative estimate of drug-likeness (QED) is 0.911. The van der Waals surface area contributed by atoms with Crippen molar-refractivity contribution in [2.75, 3.05) is 10.5 Å². The standard InChI is InChI=1S/C12H10F3N3O2S/c13-12(14,15)8-3-5-9(6-4-8)18-21(19,20)11-10(16)2-1-7-17-11/h1-7,18H,16H2. The number of pyridine rings is 1. The molecule has 0 bridgehead atoms. The van der Waals surface area contributed by atoms with Gasteiger partial charge in [0.05, 0.1) is 11.3 Å². The maximum absolute atomic E-state index is 12.4. The Morgan fingerprint density at radius 3 is 2.24 bits per heavy atom. The van der Waals surface area contributed by atoms with Gasteiger partial charge in [0.1, 0.15) is 0 Å². The Morgan fingerprint density at radius 2 is 1.71 bits per heavy atom. The van der Waals surface area contributed by atoms with Gasteiger partial charge in [-0.3, -0.25) is 4.72 Å². The van der Waals surface area contributed by atoms with E-state index in [0.29, 0.717) is 0 Å². The highest BCUT2D eigenvalue weighted by atomic mass is 32.2. The number of alkyl halides is 3. The molecule has 112 valence electrons. The van der Waals surface area contributed by atoms with Gasteiger partial charge in [-0.15, -0.1) is 0 Å². The van der Waals surface area contributed by atoms with Crippen LogP contribution in [0.3, 0.4) is 0 Å². The zero-order chi connectivity index (χ0) is 15.7. The van der Waals surface area contributed by atoms with E-state index in [4.69, 9.17) is 5.73 Å². The highest BCUT2D eigenvalue weighted by Gasteiger charge is 2.30. The lowest BCUT2D eigenvalue weighted by atomic mass is 10.2. The Hall–Kier alpha value is -2.29. The molecular weight excluding hydrogens is 307 g/mol. The minimum absolute atomic E-state index is 0.0203. The number of hydrogen-bond acceptors (Lipinski definition) is 4. The lowest BCUT2D eigenvalue weighted by molar-refractivity contribution is -0.137. The molecule has 0 saturated carbocycles. The van der Waals surface area contributed by atoms with Gasteiger partial charge in [-0.1, -0.05) is 0 Å². The molecule has 2 rings (SSSR count). The number of benzene rings is 1. The van der Waals surface area contributed by atoms with Crippen LogP contribution >= 0.6 is 0 Å². The van der Waals surface area contributed by atoms with Crippen LogP contribution in [0.1, 0.15) is 5.56 Å². The summed E-state index contributed by atoms with van der Waals surface area (Å²) in [5.41, 5.74) is 4.56. The van der Waals surface area contributed by atoms with Crippen molar-refractivity contribution in [3.63, 3.8) is 0 Å². The first-order valence-corrected chi connectivity index (χ1v) is 7.09. The highest BCUT2D eigenvalue weighted by Crippen LogP contribution is 2.30. The van der Waals surface area contributed by atoms with Crippen LogP contribution in [0.5, 0.6) is 0 Å². The number of nitrogens with two attached hydrogens (primary N) is 1. The van der Waals surface area contributed by atoms with E-state index in [0.717, 1.165) is 24.3 Å². The highest BCUT2D eigenvalue weighted by molar-refractivity contribution is 7.92. The molecule has 0 atom stereocenters. The second-order valence-electron chi connectivity index (χ2n) is 4.08. The van der Waals surface area contributed by atoms with Crippen molar-refractivity contribution in [3.8, 4) is 0 Å². The van der Waals surface area contributed by atoms with E-state index >= 15 is 0 Å². The molecule has 0 radical (unpaired) electrons. The summed E-state index contributed by atoms with van der Waals surface area (Å²) in [6.07, 6.45) is -3.24. The molecule has 2 aromatic rings. The number of nitrogens with one attached hydrogen (secondary N) is 1. The van der Waals surface area contributed by atoms with E-state index in [9.17, 15) is 21.6 Å². The van der Waals surface area contributed by atoms with Crippen LogP contribution in [0.2, 0.25) is 0 Å². The summed E-state index contributed by atoms with van der Waals surface area (Å²) < 4.78 is 63.4. The molecule has 0 spiro atoms. The number of nitrogen functional groups attached to an aromatic ring is 1. The van der Waals surface area contributed by atoms with Crippen molar-refractivity contribution in [2.45, 2.75) is 11.2 Å². The summed E-state index contributed by atoms with van der Waals surface area (Å²) >= 11 is 0. The molecule has 0 saturated heterocycles. The van der Waals surface area contributed by atoms with Crippen molar-refractivity contribution in [1.82, 2.24) is 4.98 Å². The molecule has 0 fully saturated rings. The topological polar surface area (TPSA) is 85.1 Å². The lowest BCUT2D eigenvalue weighted by Gasteiger charge is -2.10. The van der Waals surface area contributed by atoms with Crippen LogP contribution in [-0.2, 0) is 16.2 Å². The molecular formula is C12H10F3N3O2S. The summed E-state index contributed by atoms with van der Waals surface area (Å²) in [5.74, 6) is 0. The fraction of sp³-hybridized carbons (Fsp3) is 0.0833. The van der Waals surface area contributed by atoms with Crippen LogP contribution in [0.15, 0.2) is 47.6 Å². The van der Waals surface area contributed by atoms with Crippen molar-refractivity contribution >= 4 is 21.4 Å². The number of halogens is 3. The molecule has 5 nitrogen and oxygen atoms in total. The van der Waals surface area contributed by atoms with Gasteiger partial charge < -0.3 is 5.73 Å². The zero-order valence-electron chi connectivity index (χ0n) is 10.4. The Bertz CT molecular complexity index is 743. The van der Waals surface area contributed by atoms with Gasteiger partial charge in [-0.25, -0.2) is 4.98 Å². The van der Waals surface area contributed by atoms with E-state index in [-0.39, 0.29) is 16.4 Å². The van der Waals surface area contributed by atoms with Gasteiger partial charge in [0.2, 0.25) is 0 Å². The summed E-state index contributed by atoms with van der Waals surface area (Å²) in [6.45, 7) is 0. The summed E-state index contributed by atoms with van der Waals surface area (Å²) in [5, 5.41) is -0.384. The third-order valence-electron chi connectivity index (χ3n) is 2.52. The van der Waals surface area contributed by atoms with Crippen LogP contribution < -0.4 is 10.5 Å². The molecule has 0 unspecified atom stereocenters. The lowest BCUT2D eigenvalue weighted by Crippen LogP contribution is -2.16. The van der Waals surface area contributed by atoms with Gasteiger partial charge in [-0.05, 0) is 36.4 Å². The molecule has 0 aliphatic heterocycles. The molecule has 3 N–H and O–H groups in total. The first-order chi connectivity index (χ1) is 9.70. The van der Waals surface area contributed by atoms with Gasteiger partial charge >= 0.3 is 6.18 Å². The monoisotopic (exact) mass is 317 g/mol. The third kappa shape index (κ3) is 3.43. The Balaban J connectivity index is 2.28. The van der Waals surface area contributed by atoms with Crippen molar-refractivity contribution in [1.29, 1.82) is 0 Å². The predicted molar refractivity (Wildman–Crippen MR) is 70.9 cm³/mol.